The number of carbonyl (C=O) groups is 1. The number of hydrogen-bond acceptors (Lipinski definition) is 5. The highest BCUT2D eigenvalue weighted by molar-refractivity contribution is 5.92. The second kappa shape index (κ2) is 8.83. The molecule has 4 aromatic rings. The molecule has 6 nitrogen and oxygen atoms in total. The van der Waals surface area contributed by atoms with Crippen molar-refractivity contribution in [2.75, 3.05) is 12.4 Å². The molecule has 0 bridgehead atoms. The van der Waals surface area contributed by atoms with E-state index in [2.05, 4.69) is 53.7 Å². The fourth-order valence-corrected chi connectivity index (χ4v) is 3.24. The van der Waals surface area contributed by atoms with Gasteiger partial charge in [-0.2, -0.15) is 0 Å². The second-order valence-electron chi connectivity index (χ2n) is 7.48. The molecule has 2 N–H and O–H groups in total. The van der Waals surface area contributed by atoms with Gasteiger partial charge in [0.15, 0.2) is 0 Å². The van der Waals surface area contributed by atoms with Gasteiger partial charge in [0.25, 0.3) is 5.91 Å². The van der Waals surface area contributed by atoms with E-state index in [-0.39, 0.29) is 5.91 Å². The molecule has 4 rings (SSSR count). The molecule has 0 aliphatic rings. The third-order valence-electron chi connectivity index (χ3n) is 4.96. The van der Waals surface area contributed by atoms with E-state index in [0.717, 1.165) is 22.4 Å². The largest absolute Gasteiger partial charge is 0.457 e. The van der Waals surface area contributed by atoms with E-state index in [1.807, 2.05) is 30.3 Å². The second-order valence-corrected chi connectivity index (χ2v) is 7.48. The van der Waals surface area contributed by atoms with Crippen LogP contribution in [0.5, 0.6) is 11.5 Å². The Kier molecular flexibility index (Phi) is 5.80. The molecule has 6 heteroatoms. The molecule has 0 fully saturated rings. The first kappa shape index (κ1) is 20.3. The molecule has 0 unspecified atom stereocenters. The minimum absolute atomic E-state index is 0.262. The van der Waals surface area contributed by atoms with Crippen molar-refractivity contribution < 1.29 is 9.53 Å². The van der Waals surface area contributed by atoms with Crippen molar-refractivity contribution in [3.05, 3.63) is 84.2 Å². The van der Waals surface area contributed by atoms with E-state index in [1.165, 1.54) is 5.56 Å². The van der Waals surface area contributed by atoms with Gasteiger partial charge in [-0.1, -0.05) is 32.0 Å². The average Bonchev–Trinajstić information content (AvgIpc) is 2.79. The minimum Gasteiger partial charge on any atom is -0.457 e. The standard InChI is InChI=1S/C25H24N4O2/c1-16(2)17-7-9-18(10-8-17)28-24-12-11-20-21(29-24)5-4-6-23(20)31-19-13-14-27-22(15-19)25(30)26-3/h4-16H,1-3H3,(H,26,30)(H,28,29). The Labute approximate surface area is 181 Å². The topological polar surface area (TPSA) is 76.1 Å². The van der Waals surface area contributed by atoms with Gasteiger partial charge in [-0.05, 0) is 53.9 Å². The minimum atomic E-state index is -0.262. The first-order chi connectivity index (χ1) is 15.0. The Morgan fingerprint density at radius 3 is 2.55 bits per heavy atom. The normalized spacial score (nSPS) is 10.8. The zero-order chi connectivity index (χ0) is 21.8. The number of ether oxygens (including phenoxy) is 1. The summed E-state index contributed by atoms with van der Waals surface area (Å²) in [4.78, 5) is 20.6. The molecule has 0 radical (unpaired) electrons. The molecule has 156 valence electrons. The van der Waals surface area contributed by atoms with Gasteiger partial charge in [0.2, 0.25) is 0 Å². The van der Waals surface area contributed by atoms with Crippen LogP contribution in [0, 0.1) is 0 Å². The van der Waals surface area contributed by atoms with E-state index in [9.17, 15) is 4.79 Å². The van der Waals surface area contributed by atoms with Gasteiger partial charge in [0.05, 0.1) is 5.52 Å². The van der Waals surface area contributed by atoms with E-state index < -0.39 is 0 Å². The number of pyridine rings is 2. The summed E-state index contributed by atoms with van der Waals surface area (Å²) < 4.78 is 6.04. The number of benzene rings is 2. The maximum absolute atomic E-state index is 11.8. The van der Waals surface area contributed by atoms with Crippen LogP contribution in [0.3, 0.4) is 0 Å². The Balaban J connectivity index is 1.58. The molecule has 0 saturated heterocycles. The lowest BCUT2D eigenvalue weighted by molar-refractivity contribution is 0.0958. The van der Waals surface area contributed by atoms with Gasteiger partial charge in [0.1, 0.15) is 23.0 Å². The summed E-state index contributed by atoms with van der Waals surface area (Å²) in [5.41, 5.74) is 3.40. The van der Waals surface area contributed by atoms with E-state index in [1.54, 1.807) is 25.4 Å². The van der Waals surface area contributed by atoms with Crippen molar-refractivity contribution >= 4 is 28.3 Å². The highest BCUT2D eigenvalue weighted by atomic mass is 16.5. The highest BCUT2D eigenvalue weighted by Gasteiger charge is 2.10. The lowest BCUT2D eigenvalue weighted by atomic mass is 10.0. The zero-order valence-electron chi connectivity index (χ0n) is 17.7. The number of aromatic nitrogens is 2. The summed E-state index contributed by atoms with van der Waals surface area (Å²) in [6, 6.07) is 21.3. The van der Waals surface area contributed by atoms with Crippen LogP contribution in [0.15, 0.2) is 72.9 Å². The van der Waals surface area contributed by atoms with Crippen LogP contribution in [0.2, 0.25) is 0 Å². The van der Waals surface area contributed by atoms with Crippen LogP contribution in [-0.2, 0) is 0 Å². The fraction of sp³-hybridized carbons (Fsp3) is 0.160. The van der Waals surface area contributed by atoms with Gasteiger partial charge in [-0.3, -0.25) is 9.78 Å². The Hall–Kier alpha value is -3.93. The van der Waals surface area contributed by atoms with Crippen LogP contribution < -0.4 is 15.4 Å². The average molecular weight is 412 g/mol. The Bertz CT molecular complexity index is 1220. The molecule has 2 heterocycles. The van der Waals surface area contributed by atoms with E-state index in [0.29, 0.717) is 23.1 Å². The first-order valence-electron chi connectivity index (χ1n) is 10.2. The predicted octanol–water partition coefficient (Wildman–Crippen LogP) is 5.65. The Morgan fingerprint density at radius 1 is 1.00 bits per heavy atom. The fourth-order valence-electron chi connectivity index (χ4n) is 3.24. The molecule has 2 aromatic carbocycles. The maximum atomic E-state index is 11.8. The van der Waals surface area contributed by atoms with Gasteiger partial charge in [-0.25, -0.2) is 4.98 Å². The monoisotopic (exact) mass is 412 g/mol. The molecule has 0 aliphatic heterocycles. The first-order valence-corrected chi connectivity index (χ1v) is 10.2. The molecular weight excluding hydrogens is 388 g/mol. The van der Waals surface area contributed by atoms with Crippen molar-refractivity contribution in [2.45, 2.75) is 19.8 Å². The van der Waals surface area contributed by atoms with Crippen molar-refractivity contribution in [2.24, 2.45) is 0 Å². The SMILES string of the molecule is CNC(=O)c1cc(Oc2cccc3nc(Nc4ccc(C(C)C)cc4)ccc23)ccn1. The third-order valence-corrected chi connectivity index (χ3v) is 4.96. The number of fused-ring (bicyclic) bond motifs is 1. The summed E-state index contributed by atoms with van der Waals surface area (Å²) in [6.07, 6.45) is 1.55. The van der Waals surface area contributed by atoms with Crippen LogP contribution in [-0.4, -0.2) is 22.9 Å². The quantitative estimate of drug-likeness (QED) is 0.428. The van der Waals surface area contributed by atoms with Crippen LogP contribution >= 0.6 is 0 Å². The molecule has 0 aliphatic carbocycles. The van der Waals surface area contributed by atoms with Crippen molar-refractivity contribution in [3.8, 4) is 11.5 Å². The smallest absolute Gasteiger partial charge is 0.269 e. The molecular formula is C25H24N4O2. The highest BCUT2D eigenvalue weighted by Crippen LogP contribution is 2.30. The number of nitrogens with zero attached hydrogens (tertiary/aromatic N) is 2. The number of rotatable bonds is 6. The van der Waals surface area contributed by atoms with Gasteiger partial charge in [-0.15, -0.1) is 0 Å². The molecule has 0 atom stereocenters. The van der Waals surface area contributed by atoms with Gasteiger partial charge in [0, 0.05) is 30.4 Å². The van der Waals surface area contributed by atoms with Crippen LogP contribution in [0.4, 0.5) is 11.5 Å². The van der Waals surface area contributed by atoms with Crippen LogP contribution in [0.1, 0.15) is 35.8 Å². The number of nitrogens with one attached hydrogen (secondary N) is 2. The number of hydrogen-bond donors (Lipinski definition) is 2. The van der Waals surface area contributed by atoms with Crippen molar-refractivity contribution in [1.29, 1.82) is 0 Å². The third kappa shape index (κ3) is 4.64. The van der Waals surface area contributed by atoms with E-state index >= 15 is 0 Å². The summed E-state index contributed by atoms with van der Waals surface area (Å²) in [6.45, 7) is 4.36. The molecule has 31 heavy (non-hydrogen) atoms. The maximum Gasteiger partial charge on any atom is 0.269 e. The predicted molar refractivity (Wildman–Crippen MR) is 123 cm³/mol. The number of anilines is 2. The van der Waals surface area contributed by atoms with Gasteiger partial charge < -0.3 is 15.4 Å². The lowest BCUT2D eigenvalue weighted by Crippen LogP contribution is -2.18. The zero-order valence-corrected chi connectivity index (χ0v) is 17.7. The number of amides is 1. The lowest BCUT2D eigenvalue weighted by Gasteiger charge is -2.12. The van der Waals surface area contributed by atoms with E-state index in [4.69, 9.17) is 9.72 Å². The summed E-state index contributed by atoms with van der Waals surface area (Å²) in [5, 5.41) is 6.79. The molecule has 0 saturated carbocycles. The molecule has 1 amide bonds. The van der Waals surface area contributed by atoms with Gasteiger partial charge >= 0.3 is 0 Å². The Morgan fingerprint density at radius 2 is 1.81 bits per heavy atom. The van der Waals surface area contributed by atoms with Crippen molar-refractivity contribution in [3.63, 3.8) is 0 Å². The molecule has 0 spiro atoms. The van der Waals surface area contributed by atoms with Crippen molar-refractivity contribution in [1.82, 2.24) is 15.3 Å². The van der Waals surface area contributed by atoms with Crippen LogP contribution in [0.25, 0.3) is 10.9 Å². The summed E-state index contributed by atoms with van der Waals surface area (Å²) >= 11 is 0. The summed E-state index contributed by atoms with van der Waals surface area (Å²) in [5.74, 6) is 2.19. The summed E-state index contributed by atoms with van der Waals surface area (Å²) in [7, 11) is 1.57. The number of carbonyl (C=O) groups excluding carboxylic acids is 1. The molecule has 2 aromatic heterocycles.